The number of nitrogens with one attached hydrogen (secondary N) is 1. The SMILES string of the molecule is CC(CC(=O)N1CCN(C(=O)Cc2ccccc2Cl)CC1)C1CCNCC1.Cl. The van der Waals surface area contributed by atoms with Gasteiger partial charge in [-0.25, -0.2) is 0 Å². The molecule has 0 spiro atoms. The van der Waals surface area contributed by atoms with Crippen LogP contribution >= 0.6 is 24.0 Å². The number of amides is 2. The van der Waals surface area contributed by atoms with Crippen molar-refractivity contribution in [2.45, 2.75) is 32.6 Å². The van der Waals surface area contributed by atoms with Gasteiger partial charge in [0.15, 0.2) is 0 Å². The Morgan fingerprint density at radius 1 is 1.07 bits per heavy atom. The van der Waals surface area contributed by atoms with E-state index in [9.17, 15) is 9.59 Å². The number of hydrogen-bond donors (Lipinski definition) is 1. The van der Waals surface area contributed by atoms with E-state index in [0.29, 0.717) is 55.9 Å². The topological polar surface area (TPSA) is 52.7 Å². The first-order valence-electron chi connectivity index (χ1n) is 10.0. The third kappa shape index (κ3) is 6.10. The van der Waals surface area contributed by atoms with Crippen molar-refractivity contribution in [3.63, 3.8) is 0 Å². The molecule has 0 saturated carbocycles. The Labute approximate surface area is 179 Å². The van der Waals surface area contributed by atoms with Gasteiger partial charge in [-0.3, -0.25) is 9.59 Å². The number of piperazine rings is 1. The van der Waals surface area contributed by atoms with Crippen LogP contribution in [0.25, 0.3) is 0 Å². The number of carbonyl (C=O) groups excluding carboxylic acids is 2. The van der Waals surface area contributed by atoms with Crippen molar-refractivity contribution in [2.24, 2.45) is 11.8 Å². The number of piperidine rings is 1. The van der Waals surface area contributed by atoms with Crippen LogP contribution < -0.4 is 5.32 Å². The van der Waals surface area contributed by atoms with Gasteiger partial charge in [0.05, 0.1) is 6.42 Å². The van der Waals surface area contributed by atoms with Gasteiger partial charge >= 0.3 is 0 Å². The van der Waals surface area contributed by atoms with E-state index in [-0.39, 0.29) is 24.2 Å². The van der Waals surface area contributed by atoms with Crippen molar-refractivity contribution in [1.29, 1.82) is 0 Å². The fourth-order valence-corrected chi connectivity index (χ4v) is 4.31. The van der Waals surface area contributed by atoms with Crippen LogP contribution in [0.15, 0.2) is 24.3 Å². The first-order chi connectivity index (χ1) is 13.0. The monoisotopic (exact) mass is 427 g/mol. The average Bonchev–Trinajstić information content (AvgIpc) is 2.70. The molecule has 28 heavy (non-hydrogen) atoms. The number of halogens is 2. The Kier molecular flexibility index (Phi) is 9.06. The summed E-state index contributed by atoms with van der Waals surface area (Å²) in [5.41, 5.74) is 0.860. The van der Waals surface area contributed by atoms with Gasteiger partial charge in [0.25, 0.3) is 0 Å². The highest BCUT2D eigenvalue weighted by atomic mass is 35.5. The van der Waals surface area contributed by atoms with Crippen molar-refractivity contribution in [3.8, 4) is 0 Å². The molecule has 2 fully saturated rings. The van der Waals surface area contributed by atoms with Crippen LogP contribution in [0.1, 0.15) is 31.7 Å². The highest BCUT2D eigenvalue weighted by molar-refractivity contribution is 6.31. The first-order valence-corrected chi connectivity index (χ1v) is 10.4. The minimum Gasteiger partial charge on any atom is -0.339 e. The summed E-state index contributed by atoms with van der Waals surface area (Å²) in [7, 11) is 0. The Balaban J connectivity index is 0.00000280. The number of rotatable bonds is 5. The second kappa shape index (κ2) is 11.0. The lowest BCUT2D eigenvalue weighted by Gasteiger charge is -2.36. The molecular weight excluding hydrogens is 397 g/mol. The maximum atomic E-state index is 12.7. The van der Waals surface area contributed by atoms with Gasteiger partial charge in [-0.05, 0) is 49.4 Å². The van der Waals surface area contributed by atoms with Gasteiger partial charge in [-0.15, -0.1) is 12.4 Å². The van der Waals surface area contributed by atoms with E-state index in [1.807, 2.05) is 34.1 Å². The molecule has 0 bridgehead atoms. The predicted molar refractivity (Wildman–Crippen MR) is 115 cm³/mol. The molecular formula is C21H31Cl2N3O2. The van der Waals surface area contributed by atoms with Gasteiger partial charge in [-0.2, -0.15) is 0 Å². The molecule has 156 valence electrons. The maximum absolute atomic E-state index is 12.7. The van der Waals surface area contributed by atoms with Crippen LogP contribution in [0.5, 0.6) is 0 Å². The van der Waals surface area contributed by atoms with E-state index < -0.39 is 0 Å². The fraction of sp³-hybridized carbons (Fsp3) is 0.619. The number of carbonyl (C=O) groups is 2. The normalized spacial score (nSPS) is 19.1. The summed E-state index contributed by atoms with van der Waals surface area (Å²) in [6.07, 6.45) is 3.27. The highest BCUT2D eigenvalue weighted by Gasteiger charge is 2.27. The van der Waals surface area contributed by atoms with Gasteiger partial charge in [0.1, 0.15) is 0 Å². The Hall–Kier alpha value is -1.30. The molecule has 1 atom stereocenters. The van der Waals surface area contributed by atoms with Crippen molar-refractivity contribution < 1.29 is 9.59 Å². The van der Waals surface area contributed by atoms with E-state index >= 15 is 0 Å². The Morgan fingerprint density at radius 2 is 1.64 bits per heavy atom. The number of benzene rings is 1. The van der Waals surface area contributed by atoms with Crippen LogP contribution in [-0.2, 0) is 16.0 Å². The minimum atomic E-state index is 0. The van der Waals surface area contributed by atoms with E-state index in [2.05, 4.69) is 12.2 Å². The Morgan fingerprint density at radius 3 is 2.25 bits per heavy atom. The minimum absolute atomic E-state index is 0. The third-order valence-electron chi connectivity index (χ3n) is 5.97. The maximum Gasteiger partial charge on any atom is 0.227 e. The lowest BCUT2D eigenvalue weighted by atomic mass is 9.84. The molecule has 1 aromatic rings. The summed E-state index contributed by atoms with van der Waals surface area (Å²) in [5, 5.41) is 4.01. The molecule has 1 unspecified atom stereocenters. The zero-order chi connectivity index (χ0) is 19.2. The van der Waals surface area contributed by atoms with Crippen LogP contribution in [0.4, 0.5) is 0 Å². The van der Waals surface area contributed by atoms with Crippen molar-refractivity contribution in [3.05, 3.63) is 34.9 Å². The molecule has 2 amide bonds. The second-order valence-electron chi connectivity index (χ2n) is 7.80. The number of hydrogen-bond acceptors (Lipinski definition) is 3. The van der Waals surface area contributed by atoms with Gasteiger partial charge in [-0.1, -0.05) is 36.7 Å². The molecule has 7 heteroatoms. The van der Waals surface area contributed by atoms with Crippen molar-refractivity contribution in [2.75, 3.05) is 39.3 Å². The van der Waals surface area contributed by atoms with Crippen molar-refractivity contribution >= 4 is 35.8 Å². The highest BCUT2D eigenvalue weighted by Crippen LogP contribution is 2.25. The standard InChI is InChI=1S/C21H30ClN3O2.ClH/c1-16(17-6-8-23-9-7-17)14-20(26)24-10-12-25(13-11-24)21(27)15-18-4-2-3-5-19(18)22;/h2-5,16-17,23H,6-15H2,1H3;1H. The molecule has 0 aliphatic carbocycles. The Bertz CT molecular complexity index is 657. The molecule has 5 nitrogen and oxygen atoms in total. The summed E-state index contributed by atoms with van der Waals surface area (Å²) in [6, 6.07) is 7.46. The van der Waals surface area contributed by atoms with Crippen LogP contribution in [0.2, 0.25) is 5.02 Å². The molecule has 2 aliphatic rings. The largest absolute Gasteiger partial charge is 0.339 e. The molecule has 0 radical (unpaired) electrons. The smallest absolute Gasteiger partial charge is 0.227 e. The summed E-state index contributed by atoms with van der Waals surface area (Å²) < 4.78 is 0. The average molecular weight is 428 g/mol. The molecule has 1 N–H and O–H groups in total. The van der Waals surface area contributed by atoms with Gasteiger partial charge in [0, 0.05) is 37.6 Å². The quantitative estimate of drug-likeness (QED) is 0.785. The summed E-state index contributed by atoms with van der Waals surface area (Å²) >= 11 is 6.16. The van der Waals surface area contributed by atoms with Crippen LogP contribution in [0.3, 0.4) is 0 Å². The lowest BCUT2D eigenvalue weighted by Crippen LogP contribution is -2.51. The van der Waals surface area contributed by atoms with E-state index in [1.54, 1.807) is 0 Å². The molecule has 2 aliphatic heterocycles. The zero-order valence-corrected chi connectivity index (χ0v) is 18.1. The first kappa shape index (κ1) is 23.0. The van der Waals surface area contributed by atoms with E-state index in [4.69, 9.17) is 11.6 Å². The summed E-state index contributed by atoms with van der Waals surface area (Å²) in [4.78, 5) is 29.0. The van der Waals surface area contributed by atoms with Crippen LogP contribution in [0, 0.1) is 11.8 Å². The summed E-state index contributed by atoms with van der Waals surface area (Å²) in [5.74, 6) is 1.39. The number of nitrogens with zero attached hydrogens (tertiary/aromatic N) is 2. The lowest BCUT2D eigenvalue weighted by molar-refractivity contribution is -0.140. The molecule has 1 aromatic carbocycles. The summed E-state index contributed by atoms with van der Waals surface area (Å²) in [6.45, 7) is 6.81. The zero-order valence-electron chi connectivity index (χ0n) is 16.5. The fourth-order valence-electron chi connectivity index (χ4n) is 4.11. The van der Waals surface area contributed by atoms with Gasteiger partial charge in [0.2, 0.25) is 11.8 Å². The van der Waals surface area contributed by atoms with E-state index in [1.165, 1.54) is 12.8 Å². The van der Waals surface area contributed by atoms with Crippen LogP contribution in [-0.4, -0.2) is 60.9 Å². The molecule has 2 heterocycles. The third-order valence-corrected chi connectivity index (χ3v) is 6.34. The second-order valence-corrected chi connectivity index (χ2v) is 8.21. The molecule has 0 aromatic heterocycles. The van der Waals surface area contributed by atoms with E-state index in [0.717, 1.165) is 18.7 Å². The molecule has 3 rings (SSSR count). The molecule has 2 saturated heterocycles. The predicted octanol–water partition coefficient (Wildman–Crippen LogP) is 3.00. The van der Waals surface area contributed by atoms with Crippen molar-refractivity contribution in [1.82, 2.24) is 15.1 Å². The van der Waals surface area contributed by atoms with Gasteiger partial charge < -0.3 is 15.1 Å².